The van der Waals surface area contributed by atoms with E-state index in [0.717, 1.165) is 18.5 Å². The zero-order chi connectivity index (χ0) is 17.0. The number of aromatic nitrogens is 2. The number of unbranched alkanes of at least 4 members (excludes halogenated alkanes) is 5. The molecule has 1 aliphatic rings. The Bertz CT molecular complexity index is 578. The maximum absolute atomic E-state index is 11.7. The Balaban J connectivity index is 1.69. The van der Waals surface area contributed by atoms with E-state index in [2.05, 4.69) is 22.1 Å². The van der Waals surface area contributed by atoms with Gasteiger partial charge < -0.3 is 4.74 Å². The fourth-order valence-electron chi connectivity index (χ4n) is 2.47. The van der Waals surface area contributed by atoms with Crippen molar-refractivity contribution in [3.8, 4) is 0 Å². The van der Waals surface area contributed by atoms with E-state index in [1.807, 2.05) is 36.4 Å². The lowest BCUT2D eigenvalue weighted by molar-refractivity contribution is 0.155. The third kappa shape index (κ3) is 6.44. The summed E-state index contributed by atoms with van der Waals surface area (Å²) in [6.45, 7) is 2.64. The lowest BCUT2D eigenvalue weighted by Crippen LogP contribution is -2.07. The Morgan fingerprint density at radius 3 is 2.62 bits per heavy atom. The summed E-state index contributed by atoms with van der Waals surface area (Å²) in [7, 11) is 0. The number of allylic oxidation sites excluding steroid dienone is 4. The number of ether oxygens (including phenoxy) is 1. The minimum atomic E-state index is -0.522. The molecular weight excluding hydrogens is 302 g/mol. The predicted octanol–water partition coefficient (Wildman–Crippen LogP) is 4.62. The van der Waals surface area contributed by atoms with E-state index < -0.39 is 6.09 Å². The molecule has 0 aliphatic heterocycles. The van der Waals surface area contributed by atoms with E-state index in [4.69, 9.17) is 4.74 Å². The molecule has 1 aromatic rings. The zero-order valence-electron chi connectivity index (χ0n) is 14.2. The normalized spacial score (nSPS) is 16.2. The first kappa shape index (κ1) is 18.0. The highest BCUT2D eigenvalue weighted by atomic mass is 16.5. The maximum atomic E-state index is 11.7. The van der Waals surface area contributed by atoms with Gasteiger partial charge >= 0.3 is 6.09 Å². The van der Waals surface area contributed by atoms with Crippen LogP contribution in [0.3, 0.4) is 0 Å². The van der Waals surface area contributed by atoms with Crippen molar-refractivity contribution in [1.29, 1.82) is 0 Å². The van der Waals surface area contributed by atoms with Crippen LogP contribution in [0.4, 0.5) is 4.79 Å². The van der Waals surface area contributed by atoms with Gasteiger partial charge in [-0.05, 0) is 30.7 Å². The molecule has 1 amide bonds. The van der Waals surface area contributed by atoms with Crippen LogP contribution in [0.15, 0.2) is 47.6 Å². The van der Waals surface area contributed by atoms with Crippen molar-refractivity contribution in [3.05, 3.63) is 48.3 Å². The third-order valence-corrected chi connectivity index (χ3v) is 3.83. The number of amides is 1. The second-order valence-corrected chi connectivity index (χ2v) is 5.81. The van der Waals surface area contributed by atoms with Gasteiger partial charge in [0, 0.05) is 12.1 Å². The van der Waals surface area contributed by atoms with Crippen LogP contribution in [-0.2, 0) is 4.74 Å². The molecule has 0 spiro atoms. The van der Waals surface area contributed by atoms with Crippen LogP contribution in [0.25, 0.3) is 0 Å². The van der Waals surface area contributed by atoms with Gasteiger partial charge in [-0.25, -0.2) is 4.79 Å². The van der Waals surface area contributed by atoms with E-state index in [9.17, 15) is 4.79 Å². The van der Waals surface area contributed by atoms with Gasteiger partial charge in [-0.1, -0.05) is 51.2 Å². The zero-order valence-corrected chi connectivity index (χ0v) is 14.2. The van der Waals surface area contributed by atoms with Crippen molar-refractivity contribution in [2.24, 2.45) is 4.99 Å². The molecule has 0 saturated heterocycles. The standard InChI is InChI=1S/C19H25N3O2/c1-2-3-4-5-6-7-15-24-19(23)21-17-12-10-16(11-13-17)18-9-8-14-20-22-18/h8-14,16H,2-7,15H2,1H3. The van der Waals surface area contributed by atoms with E-state index in [-0.39, 0.29) is 5.92 Å². The molecule has 1 heterocycles. The number of hydrogen-bond acceptors (Lipinski definition) is 4. The summed E-state index contributed by atoms with van der Waals surface area (Å²) in [4.78, 5) is 15.7. The van der Waals surface area contributed by atoms with Gasteiger partial charge in [0.2, 0.25) is 0 Å². The number of rotatable bonds is 8. The van der Waals surface area contributed by atoms with Crippen LogP contribution >= 0.6 is 0 Å². The van der Waals surface area contributed by atoms with Gasteiger partial charge in [-0.15, -0.1) is 0 Å². The van der Waals surface area contributed by atoms with Crippen molar-refractivity contribution in [1.82, 2.24) is 10.2 Å². The van der Waals surface area contributed by atoms with Gasteiger partial charge in [0.1, 0.15) is 0 Å². The summed E-state index contributed by atoms with van der Waals surface area (Å²) in [5.74, 6) is 0.0665. The molecular formula is C19H25N3O2. The van der Waals surface area contributed by atoms with Crippen LogP contribution in [0.5, 0.6) is 0 Å². The second kappa shape index (κ2) is 10.5. The van der Waals surface area contributed by atoms with Crippen LogP contribution in [-0.4, -0.2) is 28.6 Å². The van der Waals surface area contributed by atoms with Crippen LogP contribution in [0.2, 0.25) is 0 Å². The lowest BCUT2D eigenvalue weighted by Gasteiger charge is -2.10. The van der Waals surface area contributed by atoms with Gasteiger partial charge in [-0.2, -0.15) is 15.2 Å². The minimum Gasteiger partial charge on any atom is -0.448 e. The average molecular weight is 327 g/mol. The predicted molar refractivity (Wildman–Crippen MR) is 95.2 cm³/mol. The smallest absolute Gasteiger partial charge is 0.434 e. The molecule has 0 saturated carbocycles. The Labute approximate surface area is 143 Å². The summed E-state index contributed by atoms with van der Waals surface area (Å²) in [5, 5.41) is 7.95. The highest BCUT2D eigenvalue weighted by Gasteiger charge is 2.11. The molecule has 0 radical (unpaired) electrons. The van der Waals surface area contributed by atoms with Crippen LogP contribution in [0, 0.1) is 0 Å². The fraction of sp³-hybridized carbons (Fsp3) is 0.474. The molecule has 5 nitrogen and oxygen atoms in total. The first-order valence-corrected chi connectivity index (χ1v) is 8.69. The quantitative estimate of drug-likeness (QED) is 0.653. The first-order valence-electron chi connectivity index (χ1n) is 8.69. The molecule has 5 heteroatoms. The maximum Gasteiger partial charge on any atom is 0.434 e. The summed E-state index contributed by atoms with van der Waals surface area (Å²) in [6, 6.07) is 3.77. The highest BCUT2D eigenvalue weighted by Crippen LogP contribution is 2.19. The van der Waals surface area contributed by atoms with E-state index in [1.165, 1.54) is 25.7 Å². The summed E-state index contributed by atoms with van der Waals surface area (Å²) in [5.41, 5.74) is 1.47. The average Bonchev–Trinajstić information content (AvgIpc) is 2.62. The number of aliphatic imine (C=N–C) groups is 1. The molecule has 0 N–H and O–H groups in total. The Morgan fingerprint density at radius 1 is 1.17 bits per heavy atom. The molecule has 2 rings (SSSR count). The molecule has 0 fully saturated rings. The molecule has 1 aromatic heterocycles. The van der Waals surface area contributed by atoms with Crippen molar-refractivity contribution in [2.45, 2.75) is 51.4 Å². The summed E-state index contributed by atoms with van der Waals surface area (Å²) in [6.07, 6.45) is 15.6. The SMILES string of the molecule is CCCCCCCCOC(=O)N=C1C=CC(c2cccnn2)C=C1. The Hall–Kier alpha value is -2.30. The summed E-state index contributed by atoms with van der Waals surface area (Å²) < 4.78 is 5.15. The van der Waals surface area contributed by atoms with Crippen molar-refractivity contribution < 1.29 is 9.53 Å². The van der Waals surface area contributed by atoms with E-state index in [0.29, 0.717) is 12.3 Å². The topological polar surface area (TPSA) is 64.4 Å². The number of hydrogen-bond donors (Lipinski definition) is 0. The van der Waals surface area contributed by atoms with Crippen LogP contribution < -0.4 is 0 Å². The minimum absolute atomic E-state index is 0.0665. The third-order valence-electron chi connectivity index (χ3n) is 3.83. The highest BCUT2D eigenvalue weighted by molar-refractivity contribution is 6.09. The Morgan fingerprint density at radius 2 is 1.92 bits per heavy atom. The molecule has 24 heavy (non-hydrogen) atoms. The number of nitrogens with zero attached hydrogens (tertiary/aromatic N) is 3. The largest absolute Gasteiger partial charge is 0.448 e. The Kier molecular flexibility index (Phi) is 7.87. The van der Waals surface area contributed by atoms with Crippen molar-refractivity contribution in [3.63, 3.8) is 0 Å². The van der Waals surface area contributed by atoms with E-state index >= 15 is 0 Å². The molecule has 0 aromatic carbocycles. The monoisotopic (exact) mass is 327 g/mol. The summed E-state index contributed by atoms with van der Waals surface area (Å²) >= 11 is 0. The van der Waals surface area contributed by atoms with Gasteiger partial charge in [-0.3, -0.25) is 0 Å². The second-order valence-electron chi connectivity index (χ2n) is 5.81. The van der Waals surface area contributed by atoms with Gasteiger partial charge in [0.15, 0.2) is 0 Å². The molecule has 1 aliphatic carbocycles. The van der Waals surface area contributed by atoms with Crippen LogP contribution in [0.1, 0.15) is 57.1 Å². The lowest BCUT2D eigenvalue weighted by atomic mass is 9.99. The fourth-order valence-corrected chi connectivity index (χ4v) is 2.47. The molecule has 128 valence electrons. The molecule has 0 unspecified atom stereocenters. The first-order chi connectivity index (χ1) is 11.8. The van der Waals surface area contributed by atoms with Gasteiger partial charge in [0.25, 0.3) is 0 Å². The number of carbonyl (C=O) groups excluding carboxylic acids is 1. The van der Waals surface area contributed by atoms with Crippen molar-refractivity contribution >= 4 is 11.8 Å². The molecule has 0 bridgehead atoms. The van der Waals surface area contributed by atoms with Gasteiger partial charge in [0.05, 0.1) is 18.0 Å². The molecule has 0 atom stereocenters. The number of carbonyl (C=O) groups is 1. The van der Waals surface area contributed by atoms with Crippen molar-refractivity contribution in [2.75, 3.05) is 6.61 Å². The van der Waals surface area contributed by atoms with E-state index in [1.54, 1.807) is 6.20 Å².